The van der Waals surface area contributed by atoms with Crippen molar-refractivity contribution in [1.82, 2.24) is 4.72 Å². The second kappa shape index (κ2) is 4.66. The molecule has 0 aliphatic heterocycles. The summed E-state index contributed by atoms with van der Waals surface area (Å²) in [5.74, 6) is -0.558. The van der Waals surface area contributed by atoms with Crippen LogP contribution in [0.4, 0.5) is 0 Å². The fourth-order valence-electron chi connectivity index (χ4n) is 0.968. The highest BCUT2D eigenvalue weighted by Crippen LogP contribution is 2.18. The topological polar surface area (TPSA) is 63.2 Å². The molecule has 0 saturated heterocycles. The number of benzene rings is 1. The lowest BCUT2D eigenvalue weighted by Crippen LogP contribution is -2.38. The van der Waals surface area contributed by atoms with Crippen molar-refractivity contribution in [2.75, 3.05) is 0 Å². The minimum Gasteiger partial charge on any atom is -0.273 e. The summed E-state index contributed by atoms with van der Waals surface area (Å²) in [6, 6.07) is 5.74. The van der Waals surface area contributed by atoms with Crippen LogP contribution in [0.3, 0.4) is 0 Å². The van der Waals surface area contributed by atoms with Gasteiger partial charge < -0.3 is 0 Å². The van der Waals surface area contributed by atoms with Crippen molar-refractivity contribution >= 4 is 27.5 Å². The van der Waals surface area contributed by atoms with Crippen molar-refractivity contribution in [1.29, 1.82) is 0 Å². The normalized spacial score (nSPS) is 12.2. The number of carbonyl (C=O) groups is 1. The van der Waals surface area contributed by atoms with Crippen molar-refractivity contribution in [3.05, 3.63) is 29.3 Å². The first-order valence-electron chi connectivity index (χ1n) is 4.96. The van der Waals surface area contributed by atoms with Crippen molar-refractivity contribution in [3.63, 3.8) is 0 Å². The Hall–Kier alpha value is -1.07. The van der Waals surface area contributed by atoms with Crippen molar-refractivity contribution < 1.29 is 13.2 Å². The zero-order valence-corrected chi connectivity index (χ0v) is 11.4. The highest BCUT2D eigenvalue weighted by Gasteiger charge is 2.26. The van der Waals surface area contributed by atoms with Crippen molar-refractivity contribution in [2.45, 2.75) is 25.7 Å². The lowest BCUT2D eigenvalue weighted by atomic mass is 9.96. The second-order valence-electron chi connectivity index (χ2n) is 4.64. The first kappa shape index (κ1) is 14.0. The molecule has 0 spiro atoms. The second-order valence-corrected chi connectivity index (χ2v) is 6.76. The number of hydrogen-bond donors (Lipinski definition) is 1. The molecule has 0 heterocycles. The number of nitrogens with one attached hydrogen (secondary N) is 1. The molecular weight excluding hydrogens is 262 g/mol. The van der Waals surface area contributed by atoms with Gasteiger partial charge in [-0.2, -0.15) is 0 Å². The summed E-state index contributed by atoms with van der Waals surface area (Å²) >= 11 is 5.70. The van der Waals surface area contributed by atoms with Crippen LogP contribution in [-0.2, 0) is 14.8 Å². The van der Waals surface area contributed by atoms with Crippen LogP contribution < -0.4 is 4.72 Å². The Morgan fingerprint density at radius 2 is 1.88 bits per heavy atom. The predicted molar refractivity (Wildman–Crippen MR) is 66.2 cm³/mol. The Labute approximate surface area is 106 Å². The molecule has 0 bridgehead atoms. The van der Waals surface area contributed by atoms with E-state index in [0.29, 0.717) is 5.02 Å². The Bertz CT molecular complexity index is 532. The summed E-state index contributed by atoms with van der Waals surface area (Å²) in [6.07, 6.45) is 0. The molecule has 1 aromatic carbocycles. The molecule has 0 atom stereocenters. The van der Waals surface area contributed by atoms with Gasteiger partial charge in [0.15, 0.2) is 0 Å². The highest BCUT2D eigenvalue weighted by atomic mass is 35.5. The average Bonchev–Trinajstić information content (AvgIpc) is 2.15. The smallest absolute Gasteiger partial charge is 0.264 e. The van der Waals surface area contributed by atoms with Gasteiger partial charge in [0, 0.05) is 10.4 Å². The van der Waals surface area contributed by atoms with Crippen molar-refractivity contribution in [2.24, 2.45) is 5.41 Å². The third-order valence-corrected chi connectivity index (χ3v) is 3.58. The van der Waals surface area contributed by atoms with Crippen LogP contribution in [0, 0.1) is 5.41 Å². The molecule has 0 fully saturated rings. The van der Waals surface area contributed by atoms with Gasteiger partial charge in [0.25, 0.3) is 10.0 Å². The number of amides is 1. The largest absolute Gasteiger partial charge is 0.273 e. The molecule has 1 aromatic rings. The van der Waals surface area contributed by atoms with Crippen LogP contribution in [0.25, 0.3) is 0 Å². The molecule has 1 rings (SSSR count). The number of sulfonamides is 1. The highest BCUT2D eigenvalue weighted by molar-refractivity contribution is 7.90. The maximum atomic E-state index is 11.9. The van der Waals surface area contributed by atoms with Crippen LogP contribution in [0.5, 0.6) is 0 Å². The van der Waals surface area contributed by atoms with Crippen LogP contribution in [0.1, 0.15) is 20.8 Å². The van der Waals surface area contributed by atoms with E-state index in [-0.39, 0.29) is 4.90 Å². The summed E-state index contributed by atoms with van der Waals surface area (Å²) in [5.41, 5.74) is -0.772. The van der Waals surface area contributed by atoms with Crippen LogP contribution in [0.15, 0.2) is 29.2 Å². The van der Waals surface area contributed by atoms with E-state index in [9.17, 15) is 13.2 Å². The Morgan fingerprint density at radius 1 is 1.29 bits per heavy atom. The van der Waals surface area contributed by atoms with E-state index in [0.717, 1.165) is 0 Å². The van der Waals surface area contributed by atoms with E-state index < -0.39 is 21.3 Å². The fourth-order valence-corrected chi connectivity index (χ4v) is 2.43. The summed E-state index contributed by atoms with van der Waals surface area (Å²) < 4.78 is 25.7. The predicted octanol–water partition coefficient (Wildman–Crippen LogP) is 2.19. The van der Waals surface area contributed by atoms with Gasteiger partial charge in [0.2, 0.25) is 5.91 Å². The molecule has 0 saturated carbocycles. The molecule has 0 radical (unpaired) electrons. The lowest BCUT2D eigenvalue weighted by molar-refractivity contribution is -0.126. The zero-order chi connectivity index (χ0) is 13.3. The van der Waals surface area contributed by atoms with Gasteiger partial charge in [0.05, 0.1) is 4.90 Å². The number of halogens is 1. The SMILES string of the molecule is CC(C)(C)C(=O)NS(=O)(=O)c1cccc(Cl)c1. The molecule has 94 valence electrons. The molecule has 0 aliphatic carbocycles. The molecule has 1 N–H and O–H groups in total. The van der Waals surface area contributed by atoms with E-state index in [1.807, 2.05) is 4.72 Å². The molecule has 4 nitrogen and oxygen atoms in total. The van der Waals surface area contributed by atoms with Crippen molar-refractivity contribution in [3.8, 4) is 0 Å². The first-order valence-corrected chi connectivity index (χ1v) is 6.82. The number of hydrogen-bond acceptors (Lipinski definition) is 3. The van der Waals surface area contributed by atoms with E-state index in [2.05, 4.69) is 0 Å². The summed E-state index contributed by atoms with van der Waals surface area (Å²) in [6.45, 7) is 4.90. The van der Waals surface area contributed by atoms with Gasteiger partial charge in [-0.05, 0) is 18.2 Å². The zero-order valence-electron chi connectivity index (χ0n) is 9.82. The molecule has 0 unspecified atom stereocenters. The molecule has 1 amide bonds. The Morgan fingerprint density at radius 3 is 2.35 bits per heavy atom. The average molecular weight is 276 g/mol. The van der Waals surface area contributed by atoms with E-state index in [1.165, 1.54) is 18.2 Å². The summed E-state index contributed by atoms with van der Waals surface area (Å²) in [4.78, 5) is 11.6. The van der Waals surface area contributed by atoms with Gasteiger partial charge in [-0.3, -0.25) is 4.79 Å². The quantitative estimate of drug-likeness (QED) is 0.900. The monoisotopic (exact) mass is 275 g/mol. The minimum absolute atomic E-state index is 0.0254. The first-order chi connectivity index (χ1) is 7.63. The third kappa shape index (κ3) is 3.71. The standard InChI is InChI=1S/C11H14ClNO3S/c1-11(2,3)10(14)13-17(15,16)9-6-4-5-8(12)7-9/h4-7H,1-3H3,(H,13,14). The van der Waals surface area contributed by atoms with Gasteiger partial charge in [-0.25, -0.2) is 13.1 Å². The molecule has 0 aromatic heterocycles. The van der Waals surface area contributed by atoms with Crippen LogP contribution in [0.2, 0.25) is 5.02 Å². The van der Waals surface area contributed by atoms with Crippen LogP contribution >= 0.6 is 11.6 Å². The number of carbonyl (C=O) groups excluding carboxylic acids is 1. The molecule has 17 heavy (non-hydrogen) atoms. The summed E-state index contributed by atoms with van der Waals surface area (Å²) in [7, 11) is -3.85. The maximum Gasteiger partial charge on any atom is 0.264 e. The molecule has 0 aliphatic rings. The van der Waals surface area contributed by atoms with E-state index >= 15 is 0 Å². The molecule has 6 heteroatoms. The van der Waals surface area contributed by atoms with E-state index in [1.54, 1.807) is 26.8 Å². The lowest BCUT2D eigenvalue weighted by Gasteiger charge is -2.17. The minimum atomic E-state index is -3.85. The van der Waals surface area contributed by atoms with E-state index in [4.69, 9.17) is 11.6 Å². The summed E-state index contributed by atoms with van der Waals surface area (Å²) in [5, 5.41) is 0.302. The Balaban J connectivity index is 3.02. The fraction of sp³-hybridized carbons (Fsp3) is 0.364. The van der Waals surface area contributed by atoms with Gasteiger partial charge in [-0.15, -0.1) is 0 Å². The number of rotatable bonds is 2. The van der Waals surface area contributed by atoms with Gasteiger partial charge in [-0.1, -0.05) is 38.4 Å². The van der Waals surface area contributed by atoms with Gasteiger partial charge >= 0.3 is 0 Å². The van der Waals surface area contributed by atoms with Crippen LogP contribution in [-0.4, -0.2) is 14.3 Å². The Kier molecular flexibility index (Phi) is 3.84. The third-order valence-electron chi connectivity index (χ3n) is 2.01. The molecular formula is C11H14ClNO3S. The maximum absolute atomic E-state index is 11.9. The van der Waals surface area contributed by atoms with Gasteiger partial charge in [0.1, 0.15) is 0 Å².